The topological polar surface area (TPSA) is 50.2 Å². The predicted molar refractivity (Wildman–Crippen MR) is 73.3 cm³/mol. The lowest BCUT2D eigenvalue weighted by molar-refractivity contribution is -0.142. The maximum Gasteiger partial charge on any atom is 0.314 e. The summed E-state index contributed by atoms with van der Waals surface area (Å²) in [6.45, 7) is 5.46. The number of carboxylic acid groups (broad SMARTS) is 1. The third-order valence-corrected chi connectivity index (χ3v) is 5.51. The smallest absolute Gasteiger partial charge is 0.314 e. The molecule has 1 N–H and O–H groups in total. The maximum atomic E-state index is 11.3. The number of thiazole rings is 1. The van der Waals surface area contributed by atoms with Gasteiger partial charge in [-0.15, -0.1) is 11.3 Å². The summed E-state index contributed by atoms with van der Waals surface area (Å²) in [7, 11) is 0. The maximum absolute atomic E-state index is 11.3. The fourth-order valence-electron chi connectivity index (χ4n) is 2.62. The number of hydrogen-bond donors (Lipinski definition) is 1. The van der Waals surface area contributed by atoms with E-state index in [1.54, 1.807) is 25.2 Å². The van der Waals surface area contributed by atoms with E-state index >= 15 is 0 Å². The van der Waals surface area contributed by atoms with E-state index in [0.29, 0.717) is 5.92 Å². The van der Waals surface area contributed by atoms with E-state index in [9.17, 15) is 9.90 Å². The molecule has 18 heavy (non-hydrogen) atoms. The molecule has 100 valence electrons. The highest BCUT2D eigenvalue weighted by molar-refractivity contribution is 7.12. The molecule has 0 radical (unpaired) electrons. The number of aliphatic carboxylic acids is 1. The van der Waals surface area contributed by atoms with Crippen molar-refractivity contribution in [2.75, 3.05) is 0 Å². The van der Waals surface area contributed by atoms with Gasteiger partial charge in [0, 0.05) is 10.8 Å². The van der Waals surface area contributed by atoms with E-state index in [-0.39, 0.29) is 0 Å². The molecule has 4 heteroatoms. The lowest BCUT2D eigenvalue weighted by atomic mass is 9.89. The Bertz CT molecular complexity index is 445. The summed E-state index contributed by atoms with van der Waals surface area (Å²) < 4.78 is 0. The Labute approximate surface area is 112 Å². The van der Waals surface area contributed by atoms with E-state index in [0.717, 1.165) is 15.6 Å². The molecule has 0 spiro atoms. The number of hydrogen-bond acceptors (Lipinski definition) is 3. The zero-order valence-corrected chi connectivity index (χ0v) is 12.1. The summed E-state index contributed by atoms with van der Waals surface area (Å²) in [6, 6.07) is 0. The van der Waals surface area contributed by atoms with Gasteiger partial charge in [0.1, 0.15) is 0 Å². The Hall–Kier alpha value is -0.900. The molecular formula is C14H21NO2S. The lowest BCUT2D eigenvalue weighted by Crippen LogP contribution is -2.28. The zero-order valence-electron chi connectivity index (χ0n) is 11.3. The Kier molecular flexibility index (Phi) is 3.76. The molecule has 1 heterocycles. The Balaban J connectivity index is 2.29. The highest BCUT2D eigenvalue weighted by Crippen LogP contribution is 2.39. The number of aryl methyl sites for hydroxylation is 1. The first-order valence-corrected chi connectivity index (χ1v) is 7.45. The van der Waals surface area contributed by atoms with Gasteiger partial charge in [-0.05, 0) is 33.6 Å². The van der Waals surface area contributed by atoms with Gasteiger partial charge in [-0.1, -0.05) is 19.3 Å². The van der Waals surface area contributed by atoms with Gasteiger partial charge >= 0.3 is 5.97 Å². The largest absolute Gasteiger partial charge is 0.481 e. The second kappa shape index (κ2) is 5.00. The summed E-state index contributed by atoms with van der Waals surface area (Å²) in [5.41, 5.74) is 0.0715. The van der Waals surface area contributed by atoms with Gasteiger partial charge in [-0.3, -0.25) is 4.79 Å². The van der Waals surface area contributed by atoms with E-state index in [4.69, 9.17) is 0 Å². The highest BCUT2D eigenvalue weighted by Gasteiger charge is 2.34. The van der Waals surface area contributed by atoms with Crippen LogP contribution in [0.1, 0.15) is 67.4 Å². The molecule has 1 aromatic rings. The van der Waals surface area contributed by atoms with E-state index in [2.05, 4.69) is 4.98 Å². The fraction of sp³-hybridized carbons (Fsp3) is 0.714. The molecule has 0 atom stereocenters. The van der Waals surface area contributed by atoms with Crippen LogP contribution in [0.3, 0.4) is 0 Å². The van der Waals surface area contributed by atoms with E-state index in [1.165, 1.54) is 32.1 Å². The second-order valence-corrected chi connectivity index (χ2v) is 6.76. The number of rotatable bonds is 3. The lowest BCUT2D eigenvalue weighted by Gasteiger charge is -2.19. The molecule has 0 aromatic carbocycles. The Morgan fingerprint density at radius 2 is 1.94 bits per heavy atom. The van der Waals surface area contributed by atoms with Crippen LogP contribution in [0.4, 0.5) is 0 Å². The predicted octanol–water partition coefficient (Wildman–Crippen LogP) is 3.86. The Morgan fingerprint density at radius 1 is 1.33 bits per heavy atom. The first kappa shape index (κ1) is 13.5. The molecule has 0 unspecified atom stereocenters. The van der Waals surface area contributed by atoms with Crippen molar-refractivity contribution in [3.8, 4) is 0 Å². The molecule has 2 rings (SSSR count). The summed E-state index contributed by atoms with van der Waals surface area (Å²) >= 11 is 1.61. The van der Waals surface area contributed by atoms with Gasteiger partial charge < -0.3 is 5.11 Å². The molecule has 1 aromatic heterocycles. The standard InChI is InChI=1S/C14H21NO2S/c1-9-11(14(2,3)13(16)17)18-12(15-9)10-7-5-4-6-8-10/h10H,4-8H2,1-3H3,(H,16,17). The minimum absolute atomic E-state index is 0.556. The normalized spacial score (nSPS) is 17.9. The van der Waals surface area contributed by atoms with Crippen LogP contribution in [0.25, 0.3) is 0 Å². The van der Waals surface area contributed by atoms with Crippen molar-refractivity contribution in [1.29, 1.82) is 0 Å². The quantitative estimate of drug-likeness (QED) is 0.904. The van der Waals surface area contributed by atoms with Gasteiger partial charge in [0.2, 0.25) is 0 Å². The molecule has 1 aliphatic rings. The monoisotopic (exact) mass is 267 g/mol. The van der Waals surface area contributed by atoms with Crippen LogP contribution in [0.5, 0.6) is 0 Å². The molecule has 1 aliphatic carbocycles. The summed E-state index contributed by atoms with van der Waals surface area (Å²) in [4.78, 5) is 16.9. The zero-order chi connectivity index (χ0) is 13.3. The van der Waals surface area contributed by atoms with Crippen LogP contribution in [-0.4, -0.2) is 16.1 Å². The summed E-state index contributed by atoms with van der Waals surface area (Å²) in [5.74, 6) is -0.217. The number of nitrogens with zero attached hydrogens (tertiary/aromatic N) is 1. The van der Waals surface area contributed by atoms with Crippen molar-refractivity contribution in [3.63, 3.8) is 0 Å². The van der Waals surface area contributed by atoms with Gasteiger partial charge in [0.25, 0.3) is 0 Å². The van der Waals surface area contributed by atoms with Crippen LogP contribution < -0.4 is 0 Å². The summed E-state index contributed by atoms with van der Waals surface area (Å²) in [6.07, 6.45) is 6.30. The molecule has 1 saturated carbocycles. The fourth-order valence-corrected chi connectivity index (χ4v) is 3.95. The van der Waals surface area contributed by atoms with Gasteiger partial charge in [0.05, 0.1) is 16.1 Å². The molecule has 0 saturated heterocycles. The first-order valence-electron chi connectivity index (χ1n) is 6.64. The number of carboxylic acids is 1. The molecule has 0 aliphatic heterocycles. The number of aromatic nitrogens is 1. The van der Waals surface area contributed by atoms with Crippen molar-refractivity contribution in [3.05, 3.63) is 15.6 Å². The van der Waals surface area contributed by atoms with Crippen LogP contribution in [0.15, 0.2) is 0 Å². The van der Waals surface area contributed by atoms with Crippen LogP contribution in [0.2, 0.25) is 0 Å². The third-order valence-electron chi connectivity index (χ3n) is 3.87. The SMILES string of the molecule is Cc1nc(C2CCCCC2)sc1C(C)(C)C(=O)O. The average Bonchev–Trinajstić information content (AvgIpc) is 2.73. The molecule has 0 bridgehead atoms. The molecule has 0 amide bonds. The van der Waals surface area contributed by atoms with Crippen molar-refractivity contribution in [2.45, 2.75) is 64.2 Å². The van der Waals surface area contributed by atoms with Crippen LogP contribution in [0, 0.1) is 6.92 Å². The first-order chi connectivity index (χ1) is 8.43. The van der Waals surface area contributed by atoms with Crippen molar-refractivity contribution in [2.24, 2.45) is 0 Å². The minimum Gasteiger partial charge on any atom is -0.481 e. The molecular weight excluding hydrogens is 246 g/mol. The van der Waals surface area contributed by atoms with Crippen LogP contribution in [-0.2, 0) is 10.2 Å². The van der Waals surface area contributed by atoms with E-state index < -0.39 is 11.4 Å². The highest BCUT2D eigenvalue weighted by atomic mass is 32.1. The van der Waals surface area contributed by atoms with Gasteiger partial charge in [-0.25, -0.2) is 4.98 Å². The molecule has 1 fully saturated rings. The second-order valence-electron chi connectivity index (χ2n) is 5.73. The third kappa shape index (κ3) is 2.44. The number of carbonyl (C=O) groups is 1. The van der Waals surface area contributed by atoms with Crippen molar-refractivity contribution < 1.29 is 9.90 Å². The van der Waals surface area contributed by atoms with E-state index in [1.807, 2.05) is 6.92 Å². The average molecular weight is 267 g/mol. The Morgan fingerprint density at radius 3 is 2.50 bits per heavy atom. The van der Waals surface area contributed by atoms with Gasteiger partial charge in [0.15, 0.2) is 0 Å². The minimum atomic E-state index is -0.825. The van der Waals surface area contributed by atoms with Gasteiger partial charge in [-0.2, -0.15) is 0 Å². The molecule has 3 nitrogen and oxygen atoms in total. The van der Waals surface area contributed by atoms with Crippen LogP contribution >= 0.6 is 11.3 Å². The van der Waals surface area contributed by atoms with Crippen molar-refractivity contribution in [1.82, 2.24) is 4.98 Å². The van der Waals surface area contributed by atoms with Crippen molar-refractivity contribution >= 4 is 17.3 Å². The summed E-state index contributed by atoms with van der Waals surface area (Å²) in [5, 5.41) is 10.5.